The van der Waals surface area contributed by atoms with E-state index in [0.717, 1.165) is 15.7 Å². The number of benzene rings is 2. The summed E-state index contributed by atoms with van der Waals surface area (Å²) in [6.45, 7) is 0. The fourth-order valence-corrected chi connectivity index (χ4v) is 2.47. The van der Waals surface area contributed by atoms with Crippen LogP contribution in [0, 0.1) is 0 Å². The Morgan fingerprint density at radius 3 is 2.81 bits per heavy atom. The Hall–Kier alpha value is -2.41. The zero-order valence-electron chi connectivity index (χ0n) is 11.2. The van der Waals surface area contributed by atoms with Crippen LogP contribution >= 0.6 is 15.9 Å². The highest BCUT2D eigenvalue weighted by Crippen LogP contribution is 2.26. The van der Waals surface area contributed by atoms with Crippen LogP contribution in [0.4, 0.5) is 5.69 Å². The number of hydrogen-bond donors (Lipinski definition) is 1. The highest BCUT2D eigenvalue weighted by Gasteiger charge is 2.12. The first kappa shape index (κ1) is 13.6. The van der Waals surface area contributed by atoms with Crippen molar-refractivity contribution in [2.45, 2.75) is 0 Å². The summed E-state index contributed by atoms with van der Waals surface area (Å²) in [5, 5.41) is 11.9. The van der Waals surface area contributed by atoms with E-state index >= 15 is 0 Å². The predicted octanol–water partition coefficient (Wildman–Crippen LogP) is 2.68. The van der Waals surface area contributed by atoms with Gasteiger partial charge in [0.05, 0.1) is 12.8 Å². The molecule has 0 amide bonds. The first-order valence-corrected chi connectivity index (χ1v) is 6.96. The molecular formula is C14H12BrN5O. The van der Waals surface area contributed by atoms with Crippen molar-refractivity contribution in [3.63, 3.8) is 0 Å². The number of halogens is 1. The molecule has 3 aromatic rings. The van der Waals surface area contributed by atoms with E-state index in [4.69, 9.17) is 10.5 Å². The fourth-order valence-electron chi connectivity index (χ4n) is 2.01. The third-order valence-corrected chi connectivity index (χ3v) is 3.41. The summed E-state index contributed by atoms with van der Waals surface area (Å²) in [4.78, 5) is 0. The largest absolute Gasteiger partial charge is 0.497 e. The standard InChI is InChI=1S/C14H12BrN5O/c1-21-13-7-10(15)6-12(8-13)20-14(17-18-19-20)9-3-2-4-11(16)5-9/h2-8H,16H2,1H3. The average Bonchev–Trinajstić information content (AvgIpc) is 2.96. The second-order valence-electron chi connectivity index (χ2n) is 4.39. The van der Waals surface area contributed by atoms with Gasteiger partial charge in [-0.05, 0) is 34.7 Å². The number of nitrogen functional groups attached to an aromatic ring is 1. The molecule has 0 spiro atoms. The first-order chi connectivity index (χ1) is 10.2. The van der Waals surface area contributed by atoms with Gasteiger partial charge in [0.25, 0.3) is 0 Å². The lowest BCUT2D eigenvalue weighted by molar-refractivity contribution is 0.414. The maximum atomic E-state index is 5.82. The van der Waals surface area contributed by atoms with Crippen molar-refractivity contribution in [3.05, 3.63) is 46.9 Å². The minimum Gasteiger partial charge on any atom is -0.497 e. The summed E-state index contributed by atoms with van der Waals surface area (Å²) in [5.74, 6) is 1.33. The Bertz CT molecular complexity index is 787. The van der Waals surface area contributed by atoms with Gasteiger partial charge in [0.1, 0.15) is 5.75 Å². The molecule has 7 heteroatoms. The van der Waals surface area contributed by atoms with Crippen LogP contribution in [0.15, 0.2) is 46.9 Å². The normalized spacial score (nSPS) is 10.6. The molecule has 0 fully saturated rings. The van der Waals surface area contributed by atoms with Crippen molar-refractivity contribution >= 4 is 21.6 Å². The number of ether oxygens (including phenoxy) is 1. The number of aromatic nitrogens is 4. The molecule has 2 aromatic carbocycles. The number of hydrogen-bond acceptors (Lipinski definition) is 5. The lowest BCUT2D eigenvalue weighted by Gasteiger charge is -2.08. The van der Waals surface area contributed by atoms with Gasteiger partial charge in [-0.3, -0.25) is 0 Å². The van der Waals surface area contributed by atoms with Crippen LogP contribution in [-0.4, -0.2) is 27.3 Å². The van der Waals surface area contributed by atoms with E-state index in [1.165, 1.54) is 0 Å². The van der Waals surface area contributed by atoms with Gasteiger partial charge >= 0.3 is 0 Å². The number of nitrogens with zero attached hydrogens (tertiary/aromatic N) is 4. The third kappa shape index (κ3) is 2.73. The molecule has 1 heterocycles. The molecule has 21 heavy (non-hydrogen) atoms. The summed E-state index contributed by atoms with van der Waals surface area (Å²) < 4.78 is 7.79. The quantitative estimate of drug-likeness (QED) is 0.738. The van der Waals surface area contributed by atoms with E-state index in [2.05, 4.69) is 31.5 Å². The maximum Gasteiger partial charge on any atom is 0.187 e. The van der Waals surface area contributed by atoms with Crippen molar-refractivity contribution in [2.75, 3.05) is 12.8 Å². The van der Waals surface area contributed by atoms with Crippen molar-refractivity contribution in [3.8, 4) is 22.8 Å². The molecule has 0 aliphatic heterocycles. The van der Waals surface area contributed by atoms with Crippen LogP contribution in [0.2, 0.25) is 0 Å². The SMILES string of the molecule is COc1cc(Br)cc(-n2nnnc2-c2cccc(N)c2)c1. The van der Waals surface area contributed by atoms with Gasteiger partial charge in [-0.15, -0.1) is 5.10 Å². The zero-order chi connectivity index (χ0) is 14.8. The molecule has 0 saturated heterocycles. The molecule has 0 unspecified atom stereocenters. The molecule has 106 valence electrons. The van der Waals surface area contributed by atoms with E-state index in [0.29, 0.717) is 17.3 Å². The third-order valence-electron chi connectivity index (χ3n) is 2.95. The summed E-state index contributed by atoms with van der Waals surface area (Å²) in [7, 11) is 1.62. The Morgan fingerprint density at radius 1 is 1.19 bits per heavy atom. The average molecular weight is 346 g/mol. The molecule has 0 radical (unpaired) electrons. The topological polar surface area (TPSA) is 78.8 Å². The highest BCUT2D eigenvalue weighted by atomic mass is 79.9. The molecule has 0 atom stereocenters. The van der Waals surface area contributed by atoms with Gasteiger partial charge in [-0.25, -0.2) is 0 Å². The number of rotatable bonds is 3. The molecule has 0 bridgehead atoms. The van der Waals surface area contributed by atoms with Crippen LogP contribution in [-0.2, 0) is 0 Å². The number of nitrogens with two attached hydrogens (primary N) is 1. The molecule has 0 aliphatic carbocycles. The summed E-state index contributed by atoms with van der Waals surface area (Å²) in [5.41, 5.74) is 8.12. The zero-order valence-corrected chi connectivity index (χ0v) is 12.8. The maximum absolute atomic E-state index is 5.82. The Kier molecular flexibility index (Phi) is 3.57. The molecule has 2 N–H and O–H groups in total. The Balaban J connectivity index is 2.13. The van der Waals surface area contributed by atoms with Crippen LogP contribution in [0.1, 0.15) is 0 Å². The lowest BCUT2D eigenvalue weighted by Crippen LogP contribution is -2.01. The molecule has 0 saturated carbocycles. The van der Waals surface area contributed by atoms with E-state index in [1.54, 1.807) is 11.8 Å². The van der Waals surface area contributed by atoms with Crippen LogP contribution in [0.3, 0.4) is 0 Å². The monoisotopic (exact) mass is 345 g/mol. The van der Waals surface area contributed by atoms with Crippen molar-refractivity contribution in [1.82, 2.24) is 20.2 Å². The van der Waals surface area contributed by atoms with Gasteiger partial charge < -0.3 is 10.5 Å². The van der Waals surface area contributed by atoms with Gasteiger partial charge in [0.15, 0.2) is 5.82 Å². The summed E-state index contributed by atoms with van der Waals surface area (Å²) in [6, 6.07) is 13.1. The predicted molar refractivity (Wildman–Crippen MR) is 83.3 cm³/mol. The van der Waals surface area contributed by atoms with Gasteiger partial charge in [0.2, 0.25) is 0 Å². The minimum atomic E-state index is 0.613. The Labute approximate surface area is 129 Å². The highest BCUT2D eigenvalue weighted by molar-refractivity contribution is 9.10. The smallest absolute Gasteiger partial charge is 0.187 e. The molecule has 1 aromatic heterocycles. The van der Waals surface area contributed by atoms with E-state index in [9.17, 15) is 0 Å². The Morgan fingerprint density at radius 2 is 2.05 bits per heavy atom. The first-order valence-electron chi connectivity index (χ1n) is 6.16. The minimum absolute atomic E-state index is 0.613. The molecule has 3 rings (SSSR count). The molecule has 6 nitrogen and oxygen atoms in total. The van der Waals surface area contributed by atoms with E-state index < -0.39 is 0 Å². The lowest BCUT2D eigenvalue weighted by atomic mass is 10.2. The van der Waals surface area contributed by atoms with Crippen LogP contribution < -0.4 is 10.5 Å². The fraction of sp³-hybridized carbons (Fsp3) is 0.0714. The van der Waals surface area contributed by atoms with Crippen molar-refractivity contribution in [1.29, 1.82) is 0 Å². The number of anilines is 1. The summed E-state index contributed by atoms with van der Waals surface area (Å²) >= 11 is 3.45. The molecular weight excluding hydrogens is 334 g/mol. The van der Waals surface area contributed by atoms with Gasteiger partial charge in [-0.1, -0.05) is 28.1 Å². The summed E-state index contributed by atoms with van der Waals surface area (Å²) in [6.07, 6.45) is 0. The van der Waals surface area contributed by atoms with Crippen LogP contribution in [0.25, 0.3) is 17.1 Å². The van der Waals surface area contributed by atoms with E-state index in [1.807, 2.05) is 42.5 Å². The number of methoxy groups -OCH3 is 1. The molecule has 0 aliphatic rings. The van der Waals surface area contributed by atoms with Crippen molar-refractivity contribution in [2.24, 2.45) is 0 Å². The van der Waals surface area contributed by atoms with Crippen LogP contribution in [0.5, 0.6) is 5.75 Å². The second-order valence-corrected chi connectivity index (χ2v) is 5.30. The number of tetrazole rings is 1. The van der Waals surface area contributed by atoms with Crippen molar-refractivity contribution < 1.29 is 4.74 Å². The second kappa shape index (κ2) is 5.53. The van der Waals surface area contributed by atoms with Gasteiger partial charge in [-0.2, -0.15) is 4.68 Å². The van der Waals surface area contributed by atoms with Gasteiger partial charge in [0, 0.05) is 21.8 Å². The van der Waals surface area contributed by atoms with E-state index in [-0.39, 0.29) is 0 Å².